The quantitative estimate of drug-likeness (QED) is 0.751. The Bertz CT molecular complexity index is 356. The maximum Gasteiger partial charge on any atom is 0.321 e. The summed E-state index contributed by atoms with van der Waals surface area (Å²) in [7, 11) is 0. The maximum atomic E-state index is 11.3. The van der Waals surface area contributed by atoms with E-state index in [0.717, 1.165) is 5.69 Å². The van der Waals surface area contributed by atoms with Crippen LogP contribution in [0, 0.1) is 0 Å². The first-order chi connectivity index (χ1) is 7.43. The average Bonchev–Trinajstić information content (AvgIpc) is 2.62. The van der Waals surface area contributed by atoms with Crippen LogP contribution in [0.15, 0.2) is 5.38 Å². The van der Waals surface area contributed by atoms with Crippen molar-refractivity contribution in [2.45, 2.75) is 26.2 Å². The number of nitrogens with zero attached hydrogens (tertiary/aromatic N) is 1. The monoisotopic (exact) mass is 242 g/mol. The lowest BCUT2D eigenvalue weighted by Gasteiger charge is -2.14. The summed E-state index contributed by atoms with van der Waals surface area (Å²) in [5, 5.41) is 7.86. The van der Waals surface area contributed by atoms with E-state index in [2.05, 4.69) is 36.4 Å². The van der Waals surface area contributed by atoms with E-state index in [1.165, 1.54) is 11.3 Å². The fourth-order valence-electron chi connectivity index (χ4n) is 1.00. The Morgan fingerprint density at radius 2 is 2.25 bits per heavy atom. The number of hydrogen-bond donors (Lipinski definition) is 3. The van der Waals surface area contributed by atoms with Gasteiger partial charge in [0.25, 0.3) is 0 Å². The summed E-state index contributed by atoms with van der Waals surface area (Å²) in [6.07, 6.45) is 0. The third-order valence-corrected chi connectivity index (χ3v) is 2.68. The molecular formula is C10H18N4OS. The topological polar surface area (TPSA) is 80.0 Å². The molecule has 6 heteroatoms. The fraction of sp³-hybridized carbons (Fsp3) is 0.600. The smallest absolute Gasteiger partial charge is 0.321 e. The van der Waals surface area contributed by atoms with E-state index in [1.807, 2.05) is 5.38 Å². The molecule has 0 saturated heterocycles. The van der Waals surface area contributed by atoms with Gasteiger partial charge in [-0.3, -0.25) is 5.32 Å². The summed E-state index contributed by atoms with van der Waals surface area (Å²) in [5.74, 6) is 0. The molecule has 0 aliphatic carbocycles. The van der Waals surface area contributed by atoms with E-state index in [-0.39, 0.29) is 11.4 Å². The SMILES string of the molecule is CC(C)(C)c1csc(NC(=O)NCCN)n1. The summed E-state index contributed by atoms with van der Waals surface area (Å²) in [5.41, 5.74) is 6.26. The van der Waals surface area contributed by atoms with Crippen molar-refractivity contribution in [2.24, 2.45) is 5.73 Å². The van der Waals surface area contributed by atoms with Gasteiger partial charge in [0, 0.05) is 23.9 Å². The van der Waals surface area contributed by atoms with E-state index in [9.17, 15) is 4.79 Å². The molecule has 0 bridgehead atoms. The molecule has 2 amide bonds. The predicted octanol–water partition coefficient (Wildman–Crippen LogP) is 1.52. The van der Waals surface area contributed by atoms with E-state index in [4.69, 9.17) is 5.73 Å². The second-order valence-electron chi connectivity index (χ2n) is 4.46. The zero-order chi connectivity index (χ0) is 12.2. The molecule has 0 fully saturated rings. The number of urea groups is 1. The average molecular weight is 242 g/mol. The fourth-order valence-corrected chi connectivity index (χ4v) is 1.93. The number of hydrogen-bond acceptors (Lipinski definition) is 4. The molecule has 0 atom stereocenters. The van der Waals surface area contributed by atoms with Crippen LogP contribution in [-0.2, 0) is 5.41 Å². The largest absolute Gasteiger partial charge is 0.337 e. The number of aromatic nitrogens is 1. The van der Waals surface area contributed by atoms with Crippen LogP contribution in [0.3, 0.4) is 0 Å². The number of rotatable bonds is 3. The van der Waals surface area contributed by atoms with Crippen LogP contribution < -0.4 is 16.4 Å². The third kappa shape index (κ3) is 3.79. The first-order valence-corrected chi connectivity index (χ1v) is 6.02. The number of carbonyl (C=O) groups is 1. The highest BCUT2D eigenvalue weighted by Crippen LogP contribution is 2.26. The first kappa shape index (κ1) is 12.9. The van der Waals surface area contributed by atoms with Gasteiger partial charge in [0.05, 0.1) is 5.69 Å². The summed E-state index contributed by atoms with van der Waals surface area (Å²) in [6, 6.07) is -0.264. The van der Waals surface area contributed by atoms with Gasteiger partial charge in [-0.2, -0.15) is 0 Å². The Hall–Kier alpha value is -1.14. The van der Waals surface area contributed by atoms with Crippen LogP contribution in [0.25, 0.3) is 0 Å². The number of anilines is 1. The van der Waals surface area contributed by atoms with Crippen LogP contribution in [0.1, 0.15) is 26.5 Å². The van der Waals surface area contributed by atoms with Gasteiger partial charge in [-0.15, -0.1) is 11.3 Å². The minimum Gasteiger partial charge on any atom is -0.337 e. The maximum absolute atomic E-state index is 11.3. The molecule has 0 saturated carbocycles. The van der Waals surface area contributed by atoms with Crippen molar-refractivity contribution >= 4 is 22.5 Å². The lowest BCUT2D eigenvalue weighted by molar-refractivity contribution is 0.252. The van der Waals surface area contributed by atoms with E-state index in [1.54, 1.807) is 0 Å². The Labute approximate surface area is 99.4 Å². The van der Waals surface area contributed by atoms with Crippen molar-refractivity contribution in [2.75, 3.05) is 18.4 Å². The Morgan fingerprint density at radius 3 is 2.75 bits per heavy atom. The molecule has 16 heavy (non-hydrogen) atoms. The van der Waals surface area contributed by atoms with Gasteiger partial charge in [-0.05, 0) is 0 Å². The summed E-state index contributed by atoms with van der Waals surface area (Å²) >= 11 is 1.42. The Morgan fingerprint density at radius 1 is 1.56 bits per heavy atom. The minimum atomic E-state index is -0.264. The molecule has 1 aromatic heterocycles. The van der Waals surface area contributed by atoms with Gasteiger partial charge < -0.3 is 11.1 Å². The Balaban J connectivity index is 2.56. The molecule has 0 aromatic carbocycles. The van der Waals surface area contributed by atoms with E-state index >= 15 is 0 Å². The lowest BCUT2D eigenvalue weighted by Crippen LogP contribution is -2.32. The number of nitrogens with one attached hydrogen (secondary N) is 2. The second-order valence-corrected chi connectivity index (χ2v) is 5.32. The van der Waals surface area contributed by atoms with Gasteiger partial charge in [-0.1, -0.05) is 20.8 Å². The van der Waals surface area contributed by atoms with Crippen LogP contribution in [0.5, 0.6) is 0 Å². The van der Waals surface area contributed by atoms with Gasteiger partial charge in [0.2, 0.25) is 0 Å². The molecule has 5 nitrogen and oxygen atoms in total. The van der Waals surface area contributed by atoms with Crippen LogP contribution >= 0.6 is 11.3 Å². The van der Waals surface area contributed by atoms with Crippen molar-refractivity contribution in [3.05, 3.63) is 11.1 Å². The van der Waals surface area contributed by atoms with Crippen molar-refractivity contribution < 1.29 is 4.79 Å². The summed E-state index contributed by atoms with van der Waals surface area (Å²) < 4.78 is 0. The van der Waals surface area contributed by atoms with Crippen LogP contribution in [-0.4, -0.2) is 24.1 Å². The molecule has 0 unspecified atom stereocenters. The molecule has 90 valence electrons. The van der Waals surface area contributed by atoms with Crippen molar-refractivity contribution in [1.29, 1.82) is 0 Å². The molecule has 1 heterocycles. The zero-order valence-corrected chi connectivity index (χ0v) is 10.6. The lowest BCUT2D eigenvalue weighted by atomic mass is 9.93. The molecule has 0 aliphatic heterocycles. The Kier molecular flexibility index (Phi) is 4.26. The molecular weight excluding hydrogens is 224 g/mol. The first-order valence-electron chi connectivity index (χ1n) is 5.14. The number of nitrogens with two attached hydrogens (primary N) is 1. The third-order valence-electron chi connectivity index (χ3n) is 1.92. The zero-order valence-electron chi connectivity index (χ0n) is 9.83. The van der Waals surface area contributed by atoms with E-state index < -0.39 is 0 Å². The van der Waals surface area contributed by atoms with E-state index in [0.29, 0.717) is 18.2 Å². The van der Waals surface area contributed by atoms with Gasteiger partial charge in [0.1, 0.15) is 0 Å². The van der Waals surface area contributed by atoms with Gasteiger partial charge >= 0.3 is 6.03 Å². The molecule has 4 N–H and O–H groups in total. The molecule has 0 aliphatic rings. The number of carbonyl (C=O) groups excluding carboxylic acids is 1. The molecule has 0 spiro atoms. The van der Waals surface area contributed by atoms with Crippen molar-refractivity contribution in [3.63, 3.8) is 0 Å². The molecule has 1 rings (SSSR count). The second kappa shape index (κ2) is 5.27. The highest BCUT2D eigenvalue weighted by Gasteiger charge is 2.17. The molecule has 1 aromatic rings. The van der Waals surface area contributed by atoms with Gasteiger partial charge in [0.15, 0.2) is 5.13 Å². The van der Waals surface area contributed by atoms with Crippen LogP contribution in [0.2, 0.25) is 0 Å². The number of thiazole rings is 1. The number of amides is 2. The van der Waals surface area contributed by atoms with Crippen molar-refractivity contribution in [3.8, 4) is 0 Å². The normalized spacial score (nSPS) is 11.2. The minimum absolute atomic E-state index is 0.00413. The predicted molar refractivity (Wildman–Crippen MR) is 66.9 cm³/mol. The van der Waals surface area contributed by atoms with Crippen molar-refractivity contribution in [1.82, 2.24) is 10.3 Å². The highest BCUT2D eigenvalue weighted by molar-refractivity contribution is 7.13. The standard InChI is InChI=1S/C10H18N4OS/c1-10(2,3)7-6-16-9(13-7)14-8(15)12-5-4-11/h6H,4-5,11H2,1-3H3,(H2,12,13,14,15). The summed E-state index contributed by atoms with van der Waals surface area (Å²) in [4.78, 5) is 15.7. The highest BCUT2D eigenvalue weighted by atomic mass is 32.1. The van der Waals surface area contributed by atoms with Gasteiger partial charge in [-0.25, -0.2) is 9.78 Å². The summed E-state index contributed by atoms with van der Waals surface area (Å²) in [6.45, 7) is 7.14. The van der Waals surface area contributed by atoms with Crippen LogP contribution in [0.4, 0.5) is 9.93 Å². The molecule has 0 radical (unpaired) electrons.